The summed E-state index contributed by atoms with van der Waals surface area (Å²) in [5.74, 6) is -0.624. The normalized spacial score (nSPS) is 10.2. The summed E-state index contributed by atoms with van der Waals surface area (Å²) in [6.45, 7) is 2.46. The molecule has 98 valence electrons. The summed E-state index contributed by atoms with van der Waals surface area (Å²) < 4.78 is 13.6. The first-order valence-electron chi connectivity index (χ1n) is 5.79. The van der Waals surface area contributed by atoms with Gasteiger partial charge < -0.3 is 5.32 Å². The van der Waals surface area contributed by atoms with E-state index in [1.807, 2.05) is 31.2 Å². The van der Waals surface area contributed by atoms with Crippen molar-refractivity contribution in [1.82, 2.24) is 0 Å². The SMILES string of the molecule is Cc1ccc(CNc2ccc([N+](=O)[O-])cc2F)cc1. The molecule has 0 radical (unpaired) electrons. The zero-order valence-corrected chi connectivity index (χ0v) is 10.4. The van der Waals surface area contributed by atoms with Gasteiger partial charge in [0, 0.05) is 12.6 Å². The van der Waals surface area contributed by atoms with Crippen LogP contribution in [0.3, 0.4) is 0 Å². The fraction of sp³-hybridized carbons (Fsp3) is 0.143. The van der Waals surface area contributed by atoms with Gasteiger partial charge >= 0.3 is 0 Å². The largest absolute Gasteiger partial charge is 0.379 e. The molecular formula is C14H13FN2O2. The predicted octanol–water partition coefficient (Wildman–Crippen LogP) is 3.65. The lowest BCUT2D eigenvalue weighted by Gasteiger charge is -2.07. The lowest BCUT2D eigenvalue weighted by Crippen LogP contribution is -2.02. The van der Waals surface area contributed by atoms with Crippen LogP contribution in [0.5, 0.6) is 0 Å². The highest BCUT2D eigenvalue weighted by Gasteiger charge is 2.10. The van der Waals surface area contributed by atoms with Crippen molar-refractivity contribution in [3.63, 3.8) is 0 Å². The number of halogens is 1. The Morgan fingerprint density at radius 3 is 2.47 bits per heavy atom. The van der Waals surface area contributed by atoms with Crippen LogP contribution >= 0.6 is 0 Å². The molecule has 0 saturated heterocycles. The summed E-state index contributed by atoms with van der Waals surface area (Å²) in [4.78, 5) is 9.88. The Hall–Kier alpha value is -2.43. The molecule has 0 aromatic heterocycles. The Morgan fingerprint density at radius 1 is 1.21 bits per heavy atom. The van der Waals surface area contributed by atoms with Crippen molar-refractivity contribution in [3.8, 4) is 0 Å². The van der Waals surface area contributed by atoms with Crippen LogP contribution in [0, 0.1) is 22.9 Å². The van der Waals surface area contributed by atoms with Gasteiger partial charge in [-0.05, 0) is 18.6 Å². The summed E-state index contributed by atoms with van der Waals surface area (Å²) in [6.07, 6.45) is 0. The van der Waals surface area contributed by atoms with Gasteiger partial charge in [0.15, 0.2) is 5.82 Å². The van der Waals surface area contributed by atoms with Crippen molar-refractivity contribution in [3.05, 3.63) is 69.5 Å². The minimum absolute atomic E-state index is 0.251. The van der Waals surface area contributed by atoms with Crippen molar-refractivity contribution in [2.45, 2.75) is 13.5 Å². The number of aryl methyl sites for hydroxylation is 1. The standard InChI is InChI=1S/C14H13FN2O2/c1-10-2-4-11(5-3-10)9-16-14-7-6-12(17(18)19)8-13(14)15/h2-8,16H,9H2,1H3. The molecule has 0 unspecified atom stereocenters. The molecular weight excluding hydrogens is 247 g/mol. The minimum Gasteiger partial charge on any atom is -0.379 e. The molecule has 0 spiro atoms. The maximum Gasteiger partial charge on any atom is 0.272 e. The maximum atomic E-state index is 13.6. The topological polar surface area (TPSA) is 55.2 Å². The Labute approximate surface area is 110 Å². The molecule has 5 heteroatoms. The first-order chi connectivity index (χ1) is 9.06. The van der Waals surface area contributed by atoms with E-state index in [1.165, 1.54) is 12.1 Å². The number of rotatable bonds is 4. The van der Waals surface area contributed by atoms with Crippen molar-refractivity contribution in [1.29, 1.82) is 0 Å². The van der Waals surface area contributed by atoms with Crippen molar-refractivity contribution < 1.29 is 9.31 Å². The van der Waals surface area contributed by atoms with Crippen molar-refractivity contribution in [2.75, 3.05) is 5.32 Å². The van der Waals surface area contributed by atoms with E-state index in [-0.39, 0.29) is 11.4 Å². The number of hydrogen-bond acceptors (Lipinski definition) is 3. The third-order valence-electron chi connectivity index (χ3n) is 2.77. The lowest BCUT2D eigenvalue weighted by molar-refractivity contribution is -0.385. The quantitative estimate of drug-likeness (QED) is 0.674. The van der Waals surface area contributed by atoms with Crippen molar-refractivity contribution in [2.24, 2.45) is 0 Å². The summed E-state index contributed by atoms with van der Waals surface area (Å²) >= 11 is 0. The number of nitrogens with zero attached hydrogens (tertiary/aromatic N) is 1. The van der Waals surface area contributed by atoms with Gasteiger partial charge in [0.1, 0.15) is 0 Å². The number of benzene rings is 2. The number of hydrogen-bond donors (Lipinski definition) is 1. The fourth-order valence-corrected chi connectivity index (χ4v) is 1.66. The highest BCUT2D eigenvalue weighted by molar-refractivity contribution is 5.50. The third-order valence-corrected chi connectivity index (χ3v) is 2.77. The Balaban J connectivity index is 2.07. The number of nitro groups is 1. The number of non-ortho nitro benzene ring substituents is 1. The molecule has 19 heavy (non-hydrogen) atoms. The van der Waals surface area contributed by atoms with Crippen LogP contribution < -0.4 is 5.32 Å². The van der Waals surface area contributed by atoms with Crippen LogP contribution in [0.25, 0.3) is 0 Å². The number of nitrogens with one attached hydrogen (secondary N) is 1. The first kappa shape index (κ1) is 13.0. The summed E-state index contributed by atoms with van der Waals surface area (Å²) in [6, 6.07) is 11.4. The third kappa shape index (κ3) is 3.28. The molecule has 2 aromatic rings. The second-order valence-corrected chi connectivity index (χ2v) is 4.26. The van der Waals surface area contributed by atoms with E-state index in [2.05, 4.69) is 5.32 Å². The fourth-order valence-electron chi connectivity index (χ4n) is 1.66. The molecule has 0 fully saturated rings. The molecule has 0 bridgehead atoms. The Morgan fingerprint density at radius 2 is 1.89 bits per heavy atom. The van der Waals surface area contributed by atoms with E-state index in [0.29, 0.717) is 6.54 Å². The second-order valence-electron chi connectivity index (χ2n) is 4.26. The maximum absolute atomic E-state index is 13.6. The van der Waals surface area contributed by atoms with Gasteiger partial charge in [-0.25, -0.2) is 4.39 Å². The molecule has 0 aliphatic carbocycles. The zero-order chi connectivity index (χ0) is 13.8. The molecule has 0 heterocycles. The van der Waals surface area contributed by atoms with E-state index >= 15 is 0 Å². The summed E-state index contributed by atoms with van der Waals surface area (Å²) in [7, 11) is 0. The van der Waals surface area contributed by atoms with Crippen LogP contribution in [-0.2, 0) is 6.54 Å². The molecule has 2 aromatic carbocycles. The van der Waals surface area contributed by atoms with Gasteiger partial charge in [-0.1, -0.05) is 29.8 Å². The monoisotopic (exact) mass is 260 g/mol. The first-order valence-corrected chi connectivity index (χ1v) is 5.79. The minimum atomic E-state index is -0.624. The van der Waals surface area contributed by atoms with Crippen LogP contribution in [0.15, 0.2) is 42.5 Å². The van der Waals surface area contributed by atoms with E-state index in [4.69, 9.17) is 0 Å². The van der Waals surface area contributed by atoms with Gasteiger partial charge in [-0.15, -0.1) is 0 Å². The Kier molecular flexibility index (Phi) is 3.75. The molecule has 4 nitrogen and oxygen atoms in total. The van der Waals surface area contributed by atoms with Gasteiger partial charge in [0.25, 0.3) is 5.69 Å². The predicted molar refractivity (Wildman–Crippen MR) is 71.6 cm³/mol. The highest BCUT2D eigenvalue weighted by Crippen LogP contribution is 2.21. The lowest BCUT2D eigenvalue weighted by atomic mass is 10.1. The molecule has 0 aliphatic heterocycles. The smallest absolute Gasteiger partial charge is 0.272 e. The highest BCUT2D eigenvalue weighted by atomic mass is 19.1. The second kappa shape index (κ2) is 5.48. The van der Waals surface area contributed by atoms with E-state index in [0.717, 1.165) is 17.2 Å². The number of anilines is 1. The van der Waals surface area contributed by atoms with Gasteiger partial charge in [0.2, 0.25) is 0 Å². The van der Waals surface area contributed by atoms with Gasteiger partial charge in [0.05, 0.1) is 16.7 Å². The van der Waals surface area contributed by atoms with E-state index < -0.39 is 10.7 Å². The van der Waals surface area contributed by atoms with E-state index in [1.54, 1.807) is 0 Å². The van der Waals surface area contributed by atoms with Crippen LogP contribution in [0.4, 0.5) is 15.8 Å². The molecule has 0 amide bonds. The van der Waals surface area contributed by atoms with Crippen LogP contribution in [0.1, 0.15) is 11.1 Å². The Bertz CT molecular complexity index is 597. The van der Waals surface area contributed by atoms with Crippen LogP contribution in [-0.4, -0.2) is 4.92 Å². The zero-order valence-electron chi connectivity index (χ0n) is 10.4. The average Bonchev–Trinajstić information content (AvgIpc) is 2.39. The molecule has 0 aliphatic rings. The van der Waals surface area contributed by atoms with Crippen LogP contribution in [0.2, 0.25) is 0 Å². The molecule has 2 rings (SSSR count). The van der Waals surface area contributed by atoms with Gasteiger partial charge in [-0.3, -0.25) is 10.1 Å². The molecule has 0 atom stereocenters. The van der Waals surface area contributed by atoms with Gasteiger partial charge in [-0.2, -0.15) is 0 Å². The molecule has 0 saturated carbocycles. The van der Waals surface area contributed by atoms with E-state index in [9.17, 15) is 14.5 Å². The number of nitro benzene ring substituents is 1. The van der Waals surface area contributed by atoms with Crippen molar-refractivity contribution >= 4 is 11.4 Å². The summed E-state index contributed by atoms with van der Waals surface area (Å²) in [5, 5.41) is 13.4. The summed E-state index contributed by atoms with van der Waals surface area (Å²) in [5.41, 5.74) is 2.18. The molecule has 1 N–H and O–H groups in total. The average molecular weight is 260 g/mol.